The Morgan fingerprint density at radius 1 is 0.293 bits per heavy atom. The second-order valence-corrected chi connectivity index (χ2v) is 25.8. The number of fused-ring (bicyclic) bond motifs is 13. The Hall–Kier alpha value is -9.76. The Bertz CT molecular complexity index is 4110. The van der Waals surface area contributed by atoms with E-state index in [0.717, 1.165) is 24.5 Å². The quantitative estimate of drug-likeness (QED) is 0.148. The van der Waals surface area contributed by atoms with Gasteiger partial charge in [-0.3, -0.25) is 0 Å². The summed E-state index contributed by atoms with van der Waals surface area (Å²) in [5, 5.41) is 0. The maximum atomic E-state index is 5.50. The van der Waals surface area contributed by atoms with E-state index < -0.39 is 0 Å². The second kappa shape index (κ2) is 29.5. The zero-order chi connectivity index (χ0) is 64.8. The van der Waals surface area contributed by atoms with Crippen LogP contribution in [0.2, 0.25) is 0 Å². The van der Waals surface area contributed by atoms with Gasteiger partial charge in [0.2, 0.25) is 0 Å². The summed E-state index contributed by atoms with van der Waals surface area (Å²) < 4.78 is 10.5. The lowest BCUT2D eigenvalue weighted by Gasteiger charge is -2.34. The zero-order valence-corrected chi connectivity index (χ0v) is 56.2. The van der Waals surface area contributed by atoms with Crippen molar-refractivity contribution in [1.29, 1.82) is 0 Å². The normalized spacial score (nSPS) is 12.4. The topological polar surface area (TPSA) is 18.5 Å². The fourth-order valence-electron chi connectivity index (χ4n) is 13.1. The molecule has 0 radical (unpaired) electrons. The van der Waals surface area contributed by atoms with Crippen LogP contribution in [0.25, 0.3) is 33.4 Å². The molecule has 15 rings (SSSR count). The smallest absolute Gasteiger partial charge is 0.119 e. The van der Waals surface area contributed by atoms with Gasteiger partial charge in [0.1, 0.15) is 11.5 Å². The molecule has 0 saturated heterocycles. The van der Waals surface area contributed by atoms with Gasteiger partial charge in [0.15, 0.2) is 0 Å². The molecule has 0 aromatic heterocycles. The third kappa shape index (κ3) is 14.1. The Morgan fingerprint density at radius 2 is 0.587 bits per heavy atom. The van der Waals surface area contributed by atoms with E-state index in [2.05, 4.69) is 331 Å². The monoisotopic (exact) mass is 1200 g/mol. The maximum absolute atomic E-state index is 5.50. The molecule has 1 spiro atoms. The van der Waals surface area contributed by atoms with Crippen molar-refractivity contribution >= 4 is 0 Å². The number of rotatable bonds is 7. The van der Waals surface area contributed by atoms with Gasteiger partial charge >= 0.3 is 0 Å². The van der Waals surface area contributed by atoms with Crippen LogP contribution in [0.5, 0.6) is 11.5 Å². The van der Waals surface area contributed by atoms with E-state index in [9.17, 15) is 0 Å². The maximum Gasteiger partial charge on any atom is 0.119 e. The summed E-state index contributed by atoms with van der Waals surface area (Å²) in [7, 11) is 1.67. The van der Waals surface area contributed by atoms with Crippen molar-refractivity contribution in [3.05, 3.63) is 380 Å². The van der Waals surface area contributed by atoms with Crippen molar-refractivity contribution < 1.29 is 9.47 Å². The lowest BCUT2D eigenvalue weighted by Crippen LogP contribution is -2.28. The van der Waals surface area contributed by atoms with Gasteiger partial charge in [-0.25, -0.2) is 0 Å². The predicted octanol–water partition coefficient (Wildman–Crippen LogP) is 23.5. The average molecular weight is 1200 g/mol. The Balaban J connectivity index is 0.000000130. The first-order valence-corrected chi connectivity index (χ1v) is 32.7. The molecule has 12 aromatic rings. The van der Waals surface area contributed by atoms with E-state index >= 15 is 0 Å². The van der Waals surface area contributed by atoms with Gasteiger partial charge in [-0.05, 0) is 168 Å². The molecule has 12 aromatic carbocycles. The summed E-state index contributed by atoms with van der Waals surface area (Å²) in [5.74, 6) is 1.90. The molecular formula is C90H90O2. The molecule has 0 unspecified atom stereocenters. The third-order valence-electron chi connectivity index (χ3n) is 17.9. The highest BCUT2D eigenvalue weighted by Crippen LogP contribution is 2.63. The molecule has 3 aliphatic carbocycles. The lowest BCUT2D eigenvalue weighted by atomic mass is 9.67. The molecule has 0 N–H and O–H groups in total. The number of hydrogen-bond acceptors (Lipinski definition) is 2. The largest absolute Gasteiger partial charge is 0.497 e. The zero-order valence-electron chi connectivity index (χ0n) is 56.2. The van der Waals surface area contributed by atoms with Crippen molar-refractivity contribution in [3.63, 3.8) is 0 Å². The van der Waals surface area contributed by atoms with Gasteiger partial charge in [-0.2, -0.15) is 0 Å². The molecule has 0 saturated carbocycles. The van der Waals surface area contributed by atoms with Crippen molar-refractivity contribution in [1.82, 2.24) is 0 Å². The average Bonchev–Trinajstić information content (AvgIpc) is 1.52. The van der Waals surface area contributed by atoms with E-state index in [0.29, 0.717) is 0 Å². The highest BCUT2D eigenvalue weighted by molar-refractivity contribution is 5.95. The molecular weight excluding hydrogens is 1110 g/mol. The van der Waals surface area contributed by atoms with Crippen LogP contribution in [0.3, 0.4) is 0 Å². The van der Waals surface area contributed by atoms with Gasteiger partial charge < -0.3 is 9.47 Å². The van der Waals surface area contributed by atoms with Crippen LogP contribution in [-0.4, -0.2) is 13.7 Å². The summed E-state index contributed by atoms with van der Waals surface area (Å²) in [4.78, 5) is 0. The first-order valence-electron chi connectivity index (χ1n) is 32.7. The summed E-state index contributed by atoms with van der Waals surface area (Å²) >= 11 is 0. The Labute approximate surface area is 550 Å². The number of benzene rings is 12. The van der Waals surface area contributed by atoms with E-state index in [-0.39, 0.29) is 16.2 Å². The van der Waals surface area contributed by atoms with Crippen molar-refractivity contribution in [2.75, 3.05) is 13.7 Å². The van der Waals surface area contributed by atoms with Gasteiger partial charge in [0, 0.05) is 0 Å². The first-order chi connectivity index (χ1) is 44.6. The summed E-state index contributed by atoms with van der Waals surface area (Å²) in [5.41, 5.74) is 29.6. The van der Waals surface area contributed by atoms with Crippen LogP contribution in [0.1, 0.15) is 130 Å². The number of hydrogen-bond donors (Lipinski definition) is 0. The molecule has 0 amide bonds. The number of ether oxygens (including phenoxy) is 2. The van der Waals surface area contributed by atoms with E-state index in [1.54, 1.807) is 7.11 Å². The van der Waals surface area contributed by atoms with Crippen LogP contribution in [-0.2, 0) is 16.2 Å². The second-order valence-electron chi connectivity index (χ2n) is 25.8. The van der Waals surface area contributed by atoms with Crippen molar-refractivity contribution in [2.45, 2.75) is 105 Å². The van der Waals surface area contributed by atoms with Crippen LogP contribution in [0.4, 0.5) is 0 Å². The molecule has 2 nitrogen and oxygen atoms in total. The molecule has 92 heavy (non-hydrogen) atoms. The van der Waals surface area contributed by atoms with E-state index in [1.165, 1.54) is 129 Å². The van der Waals surface area contributed by atoms with Crippen LogP contribution in [0.15, 0.2) is 291 Å². The van der Waals surface area contributed by atoms with Crippen molar-refractivity contribution in [3.8, 4) is 44.9 Å². The molecule has 462 valence electrons. The Morgan fingerprint density at radius 3 is 0.946 bits per heavy atom. The SMILES string of the molecule is CCCCOc1ccc(C)cc1.COc1ccc(C)cc1.Cc1ccc(C(C)(C)C)cc1.Cc1ccc(C)cc1.Cc1ccc2c(c1)C(c1ccccc1)(c1ccccc1)c1ccccc1-2.Cc1ccc2c(c1)C1(c3ccccc3-c3ccccc31)c1ccccc1-2. The highest BCUT2D eigenvalue weighted by atomic mass is 16.5. The van der Waals surface area contributed by atoms with Gasteiger partial charge in [-0.1, -0.05) is 340 Å². The van der Waals surface area contributed by atoms with Crippen molar-refractivity contribution in [2.24, 2.45) is 0 Å². The molecule has 0 heterocycles. The van der Waals surface area contributed by atoms with Crippen LogP contribution >= 0.6 is 0 Å². The van der Waals surface area contributed by atoms with E-state index in [1.807, 2.05) is 36.4 Å². The van der Waals surface area contributed by atoms with E-state index in [4.69, 9.17) is 9.47 Å². The minimum absolute atomic E-state index is 0.189. The number of methoxy groups -OCH3 is 1. The number of unbranched alkanes of at least 4 members (excludes halogenated alkanes) is 1. The lowest BCUT2D eigenvalue weighted by molar-refractivity contribution is 0.309. The number of aryl methyl sites for hydroxylation is 7. The molecule has 3 aliphatic rings. The third-order valence-corrected chi connectivity index (χ3v) is 17.9. The van der Waals surface area contributed by atoms with Crippen LogP contribution < -0.4 is 9.47 Å². The minimum atomic E-state index is -0.263. The summed E-state index contributed by atoms with van der Waals surface area (Å²) in [6.07, 6.45) is 2.32. The predicted molar refractivity (Wildman–Crippen MR) is 391 cm³/mol. The fourth-order valence-corrected chi connectivity index (χ4v) is 13.1. The van der Waals surface area contributed by atoms with Gasteiger partial charge in [-0.15, -0.1) is 0 Å². The molecule has 2 heteroatoms. The molecule has 0 fully saturated rings. The molecule has 0 aliphatic heterocycles. The summed E-state index contributed by atoms with van der Waals surface area (Å²) in [6, 6.07) is 105. The summed E-state index contributed by atoms with van der Waals surface area (Å²) in [6.45, 7) is 24.5. The van der Waals surface area contributed by atoms with Gasteiger partial charge in [0.05, 0.1) is 24.5 Å². The fraction of sp³-hybridized carbons (Fsp3) is 0.200. The standard InChI is InChI=1S/C26H18.C26H20.C11H16O.C11H16.C8H10O.C8H10/c1-17-14-15-21-20-10-4-7-13-24(20)26(25(21)16-17)22-11-5-2-8-18(22)19-9-3-6-12-23(19)26;1-19-16-17-23-22-14-8-9-15-24(22)26(25(23)18-19,20-10-4-2-5-11-20)21-12-6-3-7-13-21;1-3-4-9-12-11-7-5-10(2)6-8-11;1-9-5-7-10(8-6-9)11(2,3)4;1-7-3-5-8(9-2)6-4-7;1-7-3-5-8(2)6-4-7/h2-16H,1H3;2-18H,1H3;5-8H,3-4,9H2,1-2H3;5-8H,1-4H3;3-6H,1-2H3;3-6H,1-2H3. The first kappa shape index (κ1) is 65.2. The Kier molecular flexibility index (Phi) is 20.9. The molecule has 0 bridgehead atoms. The minimum Gasteiger partial charge on any atom is -0.497 e. The molecule has 0 atom stereocenters. The van der Waals surface area contributed by atoms with Crippen LogP contribution in [0, 0.1) is 48.5 Å². The highest BCUT2D eigenvalue weighted by Gasteiger charge is 2.51. The van der Waals surface area contributed by atoms with Gasteiger partial charge in [0.25, 0.3) is 0 Å².